The monoisotopic (exact) mass is 466 g/mol. The number of carbonyl (C=O) groups excluding carboxylic acids is 1. The molecule has 1 heterocycles. The van der Waals surface area contributed by atoms with Crippen LogP contribution in [0.25, 0.3) is 0 Å². The second kappa shape index (κ2) is 11.7. The molecule has 1 aromatic heterocycles. The standard InChI is InChI=1S/C28H30N6O/c1-2-3-10-20-15-17-23(18-16-20)32-26-25(29)27(31-19-30-26)33-34-28(35)24(21-11-6-4-7-12-21)22-13-8-5-9-14-22/h4-9,11-19,24H,2-3,10,29H2,1H3,(H,34,35)(H2,30,31,32,33). The average molecular weight is 467 g/mol. The summed E-state index contributed by atoms with van der Waals surface area (Å²) in [5.74, 6) is 0.0605. The Morgan fingerprint density at radius 2 is 1.46 bits per heavy atom. The van der Waals surface area contributed by atoms with Gasteiger partial charge in [0.1, 0.15) is 12.0 Å². The van der Waals surface area contributed by atoms with E-state index in [0.29, 0.717) is 17.3 Å². The van der Waals surface area contributed by atoms with Gasteiger partial charge in [0, 0.05) is 5.69 Å². The van der Waals surface area contributed by atoms with Gasteiger partial charge in [0.15, 0.2) is 11.6 Å². The molecule has 0 atom stereocenters. The molecule has 0 aliphatic carbocycles. The molecule has 0 bridgehead atoms. The number of rotatable bonds is 10. The van der Waals surface area contributed by atoms with E-state index in [9.17, 15) is 4.79 Å². The first-order valence-electron chi connectivity index (χ1n) is 11.8. The largest absolute Gasteiger partial charge is 0.393 e. The van der Waals surface area contributed by atoms with Gasteiger partial charge >= 0.3 is 0 Å². The van der Waals surface area contributed by atoms with Gasteiger partial charge in [0.25, 0.3) is 0 Å². The number of nitrogens with two attached hydrogens (primary N) is 1. The molecule has 3 aromatic carbocycles. The molecule has 7 nitrogen and oxygen atoms in total. The molecule has 0 radical (unpaired) electrons. The minimum atomic E-state index is -0.489. The van der Waals surface area contributed by atoms with Crippen molar-refractivity contribution < 1.29 is 4.79 Å². The second-order valence-corrected chi connectivity index (χ2v) is 8.28. The Morgan fingerprint density at radius 1 is 0.857 bits per heavy atom. The van der Waals surface area contributed by atoms with E-state index in [0.717, 1.165) is 23.2 Å². The number of hydrazine groups is 1. The number of carbonyl (C=O) groups is 1. The van der Waals surface area contributed by atoms with E-state index < -0.39 is 5.92 Å². The second-order valence-electron chi connectivity index (χ2n) is 8.28. The van der Waals surface area contributed by atoms with Gasteiger partial charge in [-0.15, -0.1) is 0 Å². The molecule has 4 aromatic rings. The number of amides is 1. The lowest BCUT2D eigenvalue weighted by Crippen LogP contribution is -2.35. The maximum absolute atomic E-state index is 13.2. The summed E-state index contributed by atoms with van der Waals surface area (Å²) in [6.07, 6.45) is 4.80. The first-order valence-corrected chi connectivity index (χ1v) is 11.8. The topological polar surface area (TPSA) is 105 Å². The number of nitrogen functional groups attached to an aromatic ring is 1. The highest BCUT2D eigenvalue weighted by Crippen LogP contribution is 2.27. The van der Waals surface area contributed by atoms with Crippen molar-refractivity contribution in [1.29, 1.82) is 0 Å². The normalized spacial score (nSPS) is 10.7. The number of anilines is 4. The molecule has 7 heteroatoms. The van der Waals surface area contributed by atoms with Crippen molar-refractivity contribution in [2.45, 2.75) is 32.1 Å². The van der Waals surface area contributed by atoms with Crippen molar-refractivity contribution in [3.63, 3.8) is 0 Å². The fourth-order valence-electron chi connectivity index (χ4n) is 3.85. The average Bonchev–Trinajstić information content (AvgIpc) is 2.90. The van der Waals surface area contributed by atoms with Gasteiger partial charge < -0.3 is 11.1 Å². The van der Waals surface area contributed by atoms with E-state index in [1.165, 1.54) is 24.7 Å². The van der Waals surface area contributed by atoms with Crippen LogP contribution in [0.3, 0.4) is 0 Å². The molecule has 0 unspecified atom stereocenters. The Hall–Kier alpha value is -4.39. The van der Waals surface area contributed by atoms with Crippen LogP contribution < -0.4 is 21.9 Å². The molecular formula is C28H30N6O. The number of benzene rings is 3. The van der Waals surface area contributed by atoms with Gasteiger partial charge in [-0.05, 0) is 41.7 Å². The quantitative estimate of drug-likeness (QED) is 0.233. The molecule has 0 aliphatic heterocycles. The minimum Gasteiger partial charge on any atom is -0.393 e. The molecular weight excluding hydrogens is 436 g/mol. The minimum absolute atomic E-state index is 0.224. The van der Waals surface area contributed by atoms with Gasteiger partial charge in [-0.25, -0.2) is 9.97 Å². The number of aromatic nitrogens is 2. The van der Waals surface area contributed by atoms with E-state index in [1.54, 1.807) is 0 Å². The molecule has 5 N–H and O–H groups in total. The van der Waals surface area contributed by atoms with Crippen LogP contribution in [0.1, 0.15) is 42.4 Å². The van der Waals surface area contributed by atoms with Crippen molar-refractivity contribution in [1.82, 2.24) is 15.4 Å². The molecule has 1 amide bonds. The summed E-state index contributed by atoms with van der Waals surface area (Å²) < 4.78 is 0. The first-order chi connectivity index (χ1) is 17.2. The summed E-state index contributed by atoms with van der Waals surface area (Å²) in [6, 6.07) is 27.5. The Bertz CT molecular complexity index is 1190. The Labute approximate surface area is 205 Å². The number of hydrogen-bond acceptors (Lipinski definition) is 6. The highest BCUT2D eigenvalue weighted by molar-refractivity contribution is 5.89. The third kappa shape index (κ3) is 6.14. The maximum Gasteiger partial charge on any atom is 0.250 e. The van der Waals surface area contributed by atoms with Crippen molar-refractivity contribution in [2.75, 3.05) is 16.5 Å². The van der Waals surface area contributed by atoms with Gasteiger partial charge in [0.05, 0.1) is 5.92 Å². The van der Waals surface area contributed by atoms with Gasteiger partial charge in [-0.1, -0.05) is 86.1 Å². The summed E-state index contributed by atoms with van der Waals surface area (Å²) in [5, 5.41) is 3.23. The highest BCUT2D eigenvalue weighted by atomic mass is 16.2. The zero-order valence-corrected chi connectivity index (χ0v) is 19.7. The van der Waals surface area contributed by atoms with Crippen molar-refractivity contribution in [3.05, 3.63) is 108 Å². The number of hydrogen-bond donors (Lipinski definition) is 4. The summed E-state index contributed by atoms with van der Waals surface area (Å²) >= 11 is 0. The lowest BCUT2D eigenvalue weighted by Gasteiger charge is -2.19. The highest BCUT2D eigenvalue weighted by Gasteiger charge is 2.23. The summed E-state index contributed by atoms with van der Waals surface area (Å²) in [5.41, 5.74) is 16.2. The van der Waals surface area contributed by atoms with Crippen LogP contribution >= 0.6 is 0 Å². The van der Waals surface area contributed by atoms with Crippen LogP contribution in [0.15, 0.2) is 91.3 Å². The molecule has 0 fully saturated rings. The number of aryl methyl sites for hydroxylation is 1. The number of nitrogens with zero attached hydrogens (tertiary/aromatic N) is 2. The Kier molecular flexibility index (Phi) is 7.91. The van der Waals surface area contributed by atoms with Crippen LogP contribution in [0.4, 0.5) is 23.0 Å². The Balaban J connectivity index is 1.46. The predicted molar refractivity (Wildman–Crippen MR) is 141 cm³/mol. The van der Waals surface area contributed by atoms with Crippen LogP contribution in [-0.4, -0.2) is 15.9 Å². The summed E-state index contributed by atoms with van der Waals surface area (Å²) in [4.78, 5) is 21.7. The lowest BCUT2D eigenvalue weighted by atomic mass is 9.91. The summed E-state index contributed by atoms with van der Waals surface area (Å²) in [7, 11) is 0. The van der Waals surface area contributed by atoms with Crippen molar-refractivity contribution in [2.24, 2.45) is 0 Å². The van der Waals surface area contributed by atoms with Gasteiger partial charge in [0.2, 0.25) is 5.91 Å². The van der Waals surface area contributed by atoms with Crippen molar-refractivity contribution >= 4 is 28.9 Å². The van der Waals surface area contributed by atoms with Crippen LogP contribution in [0, 0.1) is 0 Å². The predicted octanol–water partition coefficient (Wildman–Crippen LogP) is 5.42. The van der Waals surface area contributed by atoms with E-state index >= 15 is 0 Å². The number of unbranched alkanes of at least 4 members (excludes halogenated alkanes) is 1. The molecule has 35 heavy (non-hydrogen) atoms. The number of nitrogens with one attached hydrogen (secondary N) is 3. The zero-order valence-electron chi connectivity index (χ0n) is 19.7. The van der Waals surface area contributed by atoms with E-state index in [4.69, 9.17) is 5.73 Å². The Morgan fingerprint density at radius 3 is 2.06 bits per heavy atom. The fraction of sp³-hybridized carbons (Fsp3) is 0.179. The molecule has 178 valence electrons. The van der Waals surface area contributed by atoms with Crippen LogP contribution in [-0.2, 0) is 11.2 Å². The van der Waals surface area contributed by atoms with E-state index in [2.05, 4.69) is 45.2 Å². The smallest absolute Gasteiger partial charge is 0.250 e. The lowest BCUT2D eigenvalue weighted by molar-refractivity contribution is -0.121. The third-order valence-electron chi connectivity index (χ3n) is 5.75. The van der Waals surface area contributed by atoms with E-state index in [-0.39, 0.29) is 5.91 Å². The van der Waals surface area contributed by atoms with Crippen molar-refractivity contribution in [3.8, 4) is 0 Å². The first kappa shape index (κ1) is 23.8. The SMILES string of the molecule is CCCCc1ccc(Nc2ncnc(NNC(=O)C(c3ccccc3)c3ccccc3)c2N)cc1. The molecule has 0 spiro atoms. The molecule has 4 rings (SSSR count). The molecule has 0 aliphatic rings. The van der Waals surface area contributed by atoms with Crippen LogP contribution in [0.5, 0.6) is 0 Å². The fourth-order valence-corrected chi connectivity index (χ4v) is 3.85. The third-order valence-corrected chi connectivity index (χ3v) is 5.75. The summed E-state index contributed by atoms with van der Waals surface area (Å²) in [6.45, 7) is 2.19. The van der Waals surface area contributed by atoms with Gasteiger partial charge in [-0.2, -0.15) is 0 Å². The maximum atomic E-state index is 13.2. The van der Waals surface area contributed by atoms with Crippen LogP contribution in [0.2, 0.25) is 0 Å². The molecule has 0 saturated carbocycles. The van der Waals surface area contributed by atoms with Gasteiger partial charge in [-0.3, -0.25) is 15.6 Å². The molecule has 0 saturated heterocycles. The van der Waals surface area contributed by atoms with E-state index in [1.807, 2.05) is 72.8 Å². The zero-order chi connectivity index (χ0) is 24.5.